The normalized spacial score (nSPS) is 11.7. The highest BCUT2D eigenvalue weighted by molar-refractivity contribution is 9.10. The summed E-state index contributed by atoms with van der Waals surface area (Å²) in [4.78, 5) is 4.41. The first-order chi connectivity index (χ1) is 5.47. The minimum atomic E-state index is -1.00. The number of pyridine rings is 1. The van der Waals surface area contributed by atoms with Gasteiger partial charge >= 0.3 is 0 Å². The topological polar surface area (TPSA) is 12.9 Å². The molecule has 0 aromatic carbocycles. The third-order valence-electron chi connectivity index (χ3n) is 1.48. The van der Waals surface area contributed by atoms with Crippen LogP contribution in [0.4, 0.5) is 0 Å². The molecule has 1 nitrogen and oxygen atoms in total. The van der Waals surface area contributed by atoms with E-state index in [4.69, 9.17) is 0 Å². The van der Waals surface area contributed by atoms with Gasteiger partial charge in [0.2, 0.25) is 0 Å². The van der Waals surface area contributed by atoms with Crippen LogP contribution in [0.2, 0.25) is 19.6 Å². The fourth-order valence-corrected chi connectivity index (χ4v) is 2.76. The lowest BCUT2D eigenvalue weighted by Gasteiger charge is -2.14. The second-order valence-corrected chi connectivity index (χ2v) is 10.5. The first-order valence-corrected chi connectivity index (χ1v) is 8.59. The van der Waals surface area contributed by atoms with E-state index >= 15 is 0 Å². The highest BCUT2D eigenvalue weighted by Crippen LogP contribution is 2.12. The van der Waals surface area contributed by atoms with Crippen LogP contribution in [0.25, 0.3) is 0 Å². The number of hydrogen-bond donors (Lipinski definition) is 0. The summed E-state index contributed by atoms with van der Waals surface area (Å²) in [6.07, 6.45) is 0. The van der Waals surface area contributed by atoms with Crippen molar-refractivity contribution in [3.05, 3.63) is 28.5 Å². The summed E-state index contributed by atoms with van der Waals surface area (Å²) in [6.45, 7) is 7.07. The third-order valence-corrected chi connectivity index (χ3v) is 3.35. The van der Waals surface area contributed by atoms with Crippen LogP contribution in [0.1, 0.15) is 5.69 Å². The van der Waals surface area contributed by atoms with Crippen LogP contribution in [-0.2, 0) is 6.04 Å². The van der Waals surface area contributed by atoms with Gasteiger partial charge in [-0.3, -0.25) is 0 Å². The Bertz CT molecular complexity index is 267. The molecule has 0 bridgehead atoms. The molecule has 0 aliphatic rings. The van der Waals surface area contributed by atoms with Gasteiger partial charge in [0.1, 0.15) is 4.60 Å². The molecule has 3 heteroatoms. The second-order valence-electron chi connectivity index (χ2n) is 4.19. The Kier molecular flexibility index (Phi) is 3.07. The molecule has 0 aliphatic carbocycles. The maximum Gasteiger partial charge on any atom is 0.106 e. The highest BCUT2D eigenvalue weighted by Gasteiger charge is 2.14. The quantitative estimate of drug-likeness (QED) is 0.574. The van der Waals surface area contributed by atoms with Crippen molar-refractivity contribution in [2.75, 3.05) is 0 Å². The van der Waals surface area contributed by atoms with Gasteiger partial charge < -0.3 is 0 Å². The molecule has 1 aromatic heterocycles. The molecular weight excluding hydrogens is 230 g/mol. The smallest absolute Gasteiger partial charge is 0.106 e. The molecule has 0 unspecified atom stereocenters. The summed E-state index contributed by atoms with van der Waals surface area (Å²) in [5, 5.41) is 0. The van der Waals surface area contributed by atoms with E-state index in [1.165, 1.54) is 5.69 Å². The molecule has 0 atom stereocenters. The Labute approximate surface area is 83.4 Å². The summed E-state index contributed by atoms with van der Waals surface area (Å²) in [6, 6.07) is 7.27. The highest BCUT2D eigenvalue weighted by atomic mass is 79.9. The van der Waals surface area contributed by atoms with Gasteiger partial charge in [-0.15, -0.1) is 0 Å². The van der Waals surface area contributed by atoms with Crippen molar-refractivity contribution in [3.8, 4) is 0 Å². The van der Waals surface area contributed by atoms with E-state index in [-0.39, 0.29) is 0 Å². The zero-order valence-corrected chi connectivity index (χ0v) is 10.4. The second kappa shape index (κ2) is 3.71. The SMILES string of the molecule is C[Si](C)(C)Cc1cccc(Br)n1. The van der Waals surface area contributed by atoms with Gasteiger partial charge in [-0.1, -0.05) is 25.7 Å². The molecule has 0 saturated heterocycles. The number of aromatic nitrogens is 1. The largest absolute Gasteiger partial charge is 0.246 e. The molecule has 66 valence electrons. The zero-order valence-electron chi connectivity index (χ0n) is 7.76. The van der Waals surface area contributed by atoms with E-state index in [1.54, 1.807) is 0 Å². The Hall–Kier alpha value is -0.153. The van der Waals surface area contributed by atoms with Gasteiger partial charge in [0.05, 0.1) is 8.07 Å². The molecule has 1 rings (SSSR count). The first-order valence-electron chi connectivity index (χ1n) is 4.09. The number of halogens is 1. The van der Waals surface area contributed by atoms with Gasteiger partial charge in [-0.05, 0) is 34.1 Å². The van der Waals surface area contributed by atoms with Crippen molar-refractivity contribution in [1.82, 2.24) is 4.98 Å². The van der Waals surface area contributed by atoms with Crippen molar-refractivity contribution < 1.29 is 0 Å². The van der Waals surface area contributed by atoms with Crippen molar-refractivity contribution in [2.24, 2.45) is 0 Å². The van der Waals surface area contributed by atoms with E-state index in [2.05, 4.69) is 46.6 Å². The lowest BCUT2D eigenvalue weighted by molar-refractivity contribution is 1.11. The van der Waals surface area contributed by atoms with E-state index in [0.717, 1.165) is 10.6 Å². The molecule has 0 saturated carbocycles. The van der Waals surface area contributed by atoms with E-state index < -0.39 is 8.07 Å². The van der Waals surface area contributed by atoms with Gasteiger partial charge in [-0.25, -0.2) is 4.98 Å². The van der Waals surface area contributed by atoms with Crippen LogP contribution in [0, 0.1) is 0 Å². The average Bonchev–Trinajstić information content (AvgIpc) is 1.82. The molecule has 12 heavy (non-hydrogen) atoms. The minimum absolute atomic E-state index is 0.943. The van der Waals surface area contributed by atoms with Gasteiger partial charge in [0, 0.05) is 5.69 Å². The Balaban J connectivity index is 2.77. The summed E-state index contributed by atoms with van der Waals surface area (Å²) in [5.41, 5.74) is 1.21. The van der Waals surface area contributed by atoms with Crippen molar-refractivity contribution in [3.63, 3.8) is 0 Å². The fourth-order valence-electron chi connectivity index (χ4n) is 1.09. The number of hydrogen-bond acceptors (Lipinski definition) is 1. The first kappa shape index (κ1) is 9.93. The van der Waals surface area contributed by atoms with Crippen molar-refractivity contribution in [2.45, 2.75) is 25.7 Å². The van der Waals surface area contributed by atoms with Crippen LogP contribution < -0.4 is 0 Å². The summed E-state index contributed by atoms with van der Waals surface area (Å²) in [7, 11) is -1.00. The summed E-state index contributed by atoms with van der Waals surface area (Å²) < 4.78 is 0.943. The summed E-state index contributed by atoms with van der Waals surface area (Å²) in [5.74, 6) is 0. The van der Waals surface area contributed by atoms with Gasteiger partial charge in [0.25, 0.3) is 0 Å². The lowest BCUT2D eigenvalue weighted by Crippen LogP contribution is -2.24. The fraction of sp³-hybridized carbons (Fsp3) is 0.444. The predicted molar refractivity (Wildman–Crippen MR) is 59.0 cm³/mol. The van der Waals surface area contributed by atoms with Crippen LogP contribution in [-0.4, -0.2) is 13.1 Å². The van der Waals surface area contributed by atoms with Crippen molar-refractivity contribution in [1.29, 1.82) is 0 Å². The van der Waals surface area contributed by atoms with Crippen LogP contribution >= 0.6 is 15.9 Å². The Morgan fingerprint density at radius 2 is 2.00 bits per heavy atom. The summed E-state index contributed by atoms with van der Waals surface area (Å²) >= 11 is 3.37. The minimum Gasteiger partial charge on any atom is -0.246 e. The Morgan fingerprint density at radius 3 is 2.50 bits per heavy atom. The zero-order chi connectivity index (χ0) is 9.19. The van der Waals surface area contributed by atoms with Gasteiger partial charge in [0.15, 0.2) is 0 Å². The molecule has 1 heterocycles. The predicted octanol–water partition coefficient (Wildman–Crippen LogP) is 3.26. The van der Waals surface area contributed by atoms with E-state index in [0.29, 0.717) is 0 Å². The van der Waals surface area contributed by atoms with Crippen LogP contribution in [0.15, 0.2) is 22.8 Å². The Morgan fingerprint density at radius 1 is 1.33 bits per heavy atom. The van der Waals surface area contributed by atoms with Crippen LogP contribution in [0.3, 0.4) is 0 Å². The monoisotopic (exact) mass is 243 g/mol. The molecule has 0 N–H and O–H groups in total. The lowest BCUT2D eigenvalue weighted by atomic mass is 10.4. The number of rotatable bonds is 2. The molecule has 1 aromatic rings. The maximum atomic E-state index is 4.41. The van der Waals surface area contributed by atoms with E-state index in [9.17, 15) is 0 Å². The number of nitrogens with zero attached hydrogens (tertiary/aromatic N) is 1. The van der Waals surface area contributed by atoms with Crippen molar-refractivity contribution >= 4 is 24.0 Å². The molecular formula is C9H14BrNSi. The maximum absolute atomic E-state index is 4.41. The third kappa shape index (κ3) is 3.50. The van der Waals surface area contributed by atoms with Gasteiger partial charge in [-0.2, -0.15) is 0 Å². The van der Waals surface area contributed by atoms with E-state index in [1.807, 2.05) is 12.1 Å². The average molecular weight is 244 g/mol. The molecule has 0 fully saturated rings. The molecule has 0 aliphatic heterocycles. The standard InChI is InChI=1S/C9H14BrNSi/c1-12(2,3)7-8-5-4-6-9(10)11-8/h4-6H,7H2,1-3H3. The molecule has 0 amide bonds. The molecule has 0 spiro atoms. The molecule has 0 radical (unpaired) electrons. The van der Waals surface area contributed by atoms with Crippen LogP contribution in [0.5, 0.6) is 0 Å².